The van der Waals surface area contributed by atoms with E-state index in [-0.39, 0.29) is 0 Å². The molecule has 2 saturated heterocycles. The van der Waals surface area contributed by atoms with E-state index in [2.05, 4.69) is 0 Å². The summed E-state index contributed by atoms with van der Waals surface area (Å²) in [6.45, 7) is -0.0358. The molecular formula is C14H26O11. The maximum atomic E-state index is 10.3. The van der Waals surface area contributed by atoms with Crippen LogP contribution in [0.15, 0.2) is 0 Å². The average molecular weight is 370 g/mol. The zero-order valence-corrected chi connectivity index (χ0v) is 13.9. The fraction of sp³-hybridized carbons (Fsp3) is 1.00. The quantitative estimate of drug-likeness (QED) is 0.249. The Bertz CT molecular complexity index is 433. The lowest BCUT2D eigenvalue weighted by Gasteiger charge is -2.50. The van der Waals surface area contributed by atoms with Gasteiger partial charge in [-0.1, -0.05) is 0 Å². The van der Waals surface area contributed by atoms with E-state index in [1.165, 1.54) is 14.0 Å². The Balaban J connectivity index is 2.22. The van der Waals surface area contributed by atoms with Crippen LogP contribution < -0.4 is 0 Å². The minimum absolute atomic E-state index is 0.602. The van der Waals surface area contributed by atoms with Crippen LogP contribution in [0.5, 0.6) is 0 Å². The van der Waals surface area contributed by atoms with E-state index in [1.54, 1.807) is 0 Å². The zero-order valence-electron chi connectivity index (χ0n) is 13.9. The first kappa shape index (κ1) is 20.9. The average Bonchev–Trinajstić information content (AvgIpc) is 2.61. The monoisotopic (exact) mass is 370 g/mol. The molecule has 0 radical (unpaired) electrons. The Morgan fingerprint density at radius 3 is 2.00 bits per heavy atom. The summed E-state index contributed by atoms with van der Waals surface area (Å²) in [7, 11) is 1.25. The van der Waals surface area contributed by atoms with Crippen molar-refractivity contribution in [3.05, 3.63) is 0 Å². The summed E-state index contributed by atoms with van der Waals surface area (Å²) in [5.41, 5.74) is 0. The molecule has 0 amide bonds. The van der Waals surface area contributed by atoms with E-state index < -0.39 is 74.1 Å². The molecule has 0 unspecified atom stereocenters. The molecule has 2 aliphatic rings. The van der Waals surface area contributed by atoms with Gasteiger partial charge in [0.2, 0.25) is 0 Å². The second-order valence-electron chi connectivity index (χ2n) is 6.31. The molecule has 0 aromatic carbocycles. The van der Waals surface area contributed by atoms with E-state index in [9.17, 15) is 35.7 Å². The maximum Gasteiger partial charge on any atom is 0.195 e. The van der Waals surface area contributed by atoms with Gasteiger partial charge in [0.25, 0.3) is 0 Å². The smallest absolute Gasteiger partial charge is 0.195 e. The summed E-state index contributed by atoms with van der Waals surface area (Å²) in [5, 5.41) is 68.9. The third-order valence-electron chi connectivity index (χ3n) is 4.58. The number of aliphatic hydroxyl groups excluding tert-OH is 7. The number of rotatable bonds is 5. The van der Waals surface area contributed by atoms with Crippen molar-refractivity contribution in [2.24, 2.45) is 0 Å². The normalized spacial score (nSPS) is 51.5. The lowest BCUT2D eigenvalue weighted by molar-refractivity contribution is -0.397. The maximum absolute atomic E-state index is 10.3. The fourth-order valence-electron chi connectivity index (χ4n) is 3.06. The van der Waals surface area contributed by atoms with E-state index in [4.69, 9.17) is 18.9 Å². The fourth-order valence-corrected chi connectivity index (χ4v) is 3.06. The van der Waals surface area contributed by atoms with Crippen LogP contribution in [0, 0.1) is 0 Å². The van der Waals surface area contributed by atoms with Crippen LogP contribution in [0.2, 0.25) is 0 Å². The first-order valence-electron chi connectivity index (χ1n) is 7.86. The third-order valence-corrected chi connectivity index (χ3v) is 4.58. The Kier molecular flexibility index (Phi) is 6.73. The van der Waals surface area contributed by atoms with Crippen molar-refractivity contribution in [2.75, 3.05) is 20.3 Å². The van der Waals surface area contributed by atoms with Gasteiger partial charge in [0, 0.05) is 7.11 Å². The first-order valence-corrected chi connectivity index (χ1v) is 7.86. The Labute approximate surface area is 143 Å². The molecular weight excluding hydrogens is 344 g/mol. The number of aliphatic hydroxyl groups is 7. The molecule has 2 heterocycles. The molecule has 0 aliphatic carbocycles. The van der Waals surface area contributed by atoms with Crippen molar-refractivity contribution in [3.8, 4) is 0 Å². The molecule has 0 spiro atoms. The van der Waals surface area contributed by atoms with Crippen molar-refractivity contribution >= 4 is 0 Å². The topological polar surface area (TPSA) is 179 Å². The van der Waals surface area contributed by atoms with Gasteiger partial charge < -0.3 is 54.7 Å². The van der Waals surface area contributed by atoms with Crippen LogP contribution in [-0.4, -0.2) is 117 Å². The van der Waals surface area contributed by atoms with Crippen LogP contribution in [0.4, 0.5) is 0 Å². The van der Waals surface area contributed by atoms with Crippen molar-refractivity contribution in [2.45, 2.75) is 67.8 Å². The van der Waals surface area contributed by atoms with Gasteiger partial charge in [-0.2, -0.15) is 0 Å². The zero-order chi connectivity index (χ0) is 18.9. The molecule has 25 heavy (non-hydrogen) atoms. The standard InChI is InChI=1S/C14H26O11/c1-14(12(21)9(19)7(17)5(3-15)24-14)25-11-6(4-16)23-13(22-2)10(20)8(11)18/h5-13,15-21H,3-4H2,1-2H3/t5-,6-,7-,8-,9+,10-,11-,12+,13+,14-/m1/s1. The predicted molar refractivity (Wildman–Crippen MR) is 78.0 cm³/mol. The van der Waals surface area contributed by atoms with Gasteiger partial charge in [-0.25, -0.2) is 0 Å². The first-order chi connectivity index (χ1) is 11.7. The second kappa shape index (κ2) is 8.06. The van der Waals surface area contributed by atoms with Crippen LogP contribution in [-0.2, 0) is 18.9 Å². The predicted octanol–water partition coefficient (Wildman–Crippen LogP) is -4.35. The molecule has 0 bridgehead atoms. The van der Waals surface area contributed by atoms with Gasteiger partial charge in [-0.3, -0.25) is 0 Å². The minimum atomic E-state index is -1.96. The molecule has 0 aromatic rings. The Hall–Kier alpha value is -0.440. The van der Waals surface area contributed by atoms with Crippen molar-refractivity contribution in [1.82, 2.24) is 0 Å². The van der Waals surface area contributed by atoms with Crippen LogP contribution in [0.1, 0.15) is 6.92 Å². The summed E-state index contributed by atoms with van der Waals surface area (Å²) in [4.78, 5) is 0. The summed E-state index contributed by atoms with van der Waals surface area (Å²) >= 11 is 0. The molecule has 2 fully saturated rings. The van der Waals surface area contributed by atoms with Gasteiger partial charge in [0.15, 0.2) is 12.1 Å². The lowest BCUT2D eigenvalue weighted by atomic mass is 9.92. The van der Waals surface area contributed by atoms with E-state index in [0.717, 1.165) is 0 Å². The summed E-state index contributed by atoms with van der Waals surface area (Å²) in [5.74, 6) is -1.96. The summed E-state index contributed by atoms with van der Waals surface area (Å²) < 4.78 is 21.1. The molecule has 0 saturated carbocycles. The molecule has 7 N–H and O–H groups in total. The van der Waals surface area contributed by atoms with E-state index in [1.807, 2.05) is 0 Å². The van der Waals surface area contributed by atoms with Gasteiger partial charge >= 0.3 is 0 Å². The summed E-state index contributed by atoms with van der Waals surface area (Å²) in [6.07, 6.45) is -13.0. The van der Waals surface area contributed by atoms with Crippen LogP contribution in [0.3, 0.4) is 0 Å². The molecule has 10 atom stereocenters. The molecule has 0 aromatic heterocycles. The van der Waals surface area contributed by atoms with Crippen LogP contribution >= 0.6 is 0 Å². The Morgan fingerprint density at radius 1 is 0.880 bits per heavy atom. The number of ether oxygens (including phenoxy) is 4. The third kappa shape index (κ3) is 3.82. The van der Waals surface area contributed by atoms with Gasteiger partial charge in [-0.15, -0.1) is 0 Å². The lowest BCUT2D eigenvalue weighted by Crippen LogP contribution is -2.68. The summed E-state index contributed by atoms with van der Waals surface area (Å²) in [6, 6.07) is 0. The molecule has 148 valence electrons. The second-order valence-corrected chi connectivity index (χ2v) is 6.31. The van der Waals surface area contributed by atoms with Gasteiger partial charge in [0.05, 0.1) is 13.2 Å². The number of hydrogen-bond donors (Lipinski definition) is 7. The number of hydrogen-bond acceptors (Lipinski definition) is 11. The minimum Gasteiger partial charge on any atom is -0.394 e. The number of methoxy groups -OCH3 is 1. The van der Waals surface area contributed by atoms with E-state index in [0.29, 0.717) is 0 Å². The molecule has 11 heteroatoms. The highest BCUT2D eigenvalue weighted by Crippen LogP contribution is 2.35. The molecule has 2 rings (SSSR count). The van der Waals surface area contributed by atoms with Crippen molar-refractivity contribution < 1.29 is 54.7 Å². The molecule has 2 aliphatic heterocycles. The van der Waals surface area contributed by atoms with Crippen LogP contribution in [0.25, 0.3) is 0 Å². The van der Waals surface area contributed by atoms with Crippen molar-refractivity contribution in [3.63, 3.8) is 0 Å². The van der Waals surface area contributed by atoms with Gasteiger partial charge in [0.1, 0.15) is 48.8 Å². The van der Waals surface area contributed by atoms with Crippen molar-refractivity contribution in [1.29, 1.82) is 0 Å². The SMILES string of the molecule is CO[C@H]1O[C@H](CO)[C@@H](O[C@@]2(C)O[C@H](CO)[C@@H](O)[C@H](O)[C@@H]2O)[C@H](O)[C@H]1O. The van der Waals surface area contributed by atoms with Gasteiger partial charge in [-0.05, 0) is 6.92 Å². The highest BCUT2D eigenvalue weighted by molar-refractivity contribution is 4.98. The largest absolute Gasteiger partial charge is 0.394 e. The Morgan fingerprint density at radius 2 is 1.48 bits per heavy atom. The highest BCUT2D eigenvalue weighted by atomic mass is 16.8. The van der Waals surface area contributed by atoms with E-state index >= 15 is 0 Å². The molecule has 11 nitrogen and oxygen atoms in total. The highest BCUT2D eigenvalue weighted by Gasteiger charge is 2.55.